The SMILES string of the molecule is CCOc1cc(/C=N/NC(=S)NC)cc(Br)c1OCC(=O)N(C)C. The van der Waals surface area contributed by atoms with Gasteiger partial charge in [0.1, 0.15) is 0 Å². The highest BCUT2D eigenvalue weighted by molar-refractivity contribution is 9.10. The molecule has 1 aromatic carbocycles. The lowest BCUT2D eigenvalue weighted by Gasteiger charge is -2.16. The number of hydrogen-bond acceptors (Lipinski definition) is 5. The van der Waals surface area contributed by atoms with E-state index in [4.69, 9.17) is 21.7 Å². The molecule has 7 nitrogen and oxygen atoms in total. The van der Waals surface area contributed by atoms with Crippen molar-refractivity contribution >= 4 is 45.4 Å². The molecule has 0 unspecified atom stereocenters. The summed E-state index contributed by atoms with van der Waals surface area (Å²) in [6.07, 6.45) is 1.60. The molecule has 0 aliphatic heterocycles. The van der Waals surface area contributed by atoms with Crippen LogP contribution in [0.3, 0.4) is 0 Å². The summed E-state index contributed by atoms with van der Waals surface area (Å²) in [5.41, 5.74) is 3.45. The van der Waals surface area contributed by atoms with Crippen molar-refractivity contribution in [1.29, 1.82) is 0 Å². The molecule has 0 radical (unpaired) electrons. The minimum Gasteiger partial charge on any atom is -0.490 e. The normalized spacial score (nSPS) is 10.4. The number of hydrogen-bond donors (Lipinski definition) is 2. The molecule has 0 fully saturated rings. The molecule has 132 valence electrons. The fourth-order valence-corrected chi connectivity index (χ4v) is 2.18. The molecule has 0 atom stereocenters. The maximum atomic E-state index is 11.7. The van der Waals surface area contributed by atoms with Gasteiger partial charge in [-0.1, -0.05) is 0 Å². The van der Waals surface area contributed by atoms with E-state index in [1.807, 2.05) is 13.0 Å². The third-order valence-electron chi connectivity index (χ3n) is 2.78. The Morgan fingerprint density at radius 1 is 1.42 bits per heavy atom. The second-order valence-corrected chi connectivity index (χ2v) is 6.05. The van der Waals surface area contributed by atoms with E-state index in [1.54, 1.807) is 33.4 Å². The Kier molecular flexibility index (Phi) is 8.48. The van der Waals surface area contributed by atoms with Crippen LogP contribution in [-0.4, -0.2) is 56.5 Å². The number of rotatable bonds is 7. The molecule has 1 aromatic rings. The highest BCUT2D eigenvalue weighted by atomic mass is 79.9. The molecule has 24 heavy (non-hydrogen) atoms. The summed E-state index contributed by atoms with van der Waals surface area (Å²) in [6.45, 7) is 2.26. The molecular formula is C15H21BrN4O3S. The van der Waals surface area contributed by atoms with E-state index >= 15 is 0 Å². The highest BCUT2D eigenvalue weighted by Gasteiger charge is 2.14. The molecule has 1 rings (SSSR count). The van der Waals surface area contributed by atoms with Gasteiger partial charge in [-0.05, 0) is 52.8 Å². The van der Waals surface area contributed by atoms with Crippen molar-refractivity contribution in [1.82, 2.24) is 15.6 Å². The number of amides is 1. The first-order valence-electron chi connectivity index (χ1n) is 7.19. The quantitative estimate of drug-likeness (QED) is 0.400. The minimum absolute atomic E-state index is 0.0723. The maximum absolute atomic E-state index is 11.7. The van der Waals surface area contributed by atoms with Crippen molar-refractivity contribution in [3.8, 4) is 11.5 Å². The van der Waals surface area contributed by atoms with E-state index in [0.29, 0.717) is 27.7 Å². The lowest BCUT2D eigenvalue weighted by atomic mass is 10.2. The van der Waals surface area contributed by atoms with Crippen molar-refractivity contribution in [2.75, 3.05) is 34.4 Å². The second-order valence-electron chi connectivity index (χ2n) is 4.79. The van der Waals surface area contributed by atoms with Gasteiger partial charge in [-0.2, -0.15) is 5.10 Å². The van der Waals surface area contributed by atoms with Crippen molar-refractivity contribution in [2.24, 2.45) is 5.10 Å². The van der Waals surface area contributed by atoms with E-state index in [2.05, 4.69) is 31.8 Å². The van der Waals surface area contributed by atoms with Crippen molar-refractivity contribution in [3.63, 3.8) is 0 Å². The number of ether oxygens (including phenoxy) is 2. The molecule has 1 amide bonds. The fourth-order valence-electron chi connectivity index (χ4n) is 1.55. The van der Waals surface area contributed by atoms with Gasteiger partial charge in [0.25, 0.3) is 5.91 Å². The van der Waals surface area contributed by atoms with Crippen LogP contribution in [-0.2, 0) is 4.79 Å². The van der Waals surface area contributed by atoms with Crippen LogP contribution in [0.4, 0.5) is 0 Å². The van der Waals surface area contributed by atoms with Gasteiger partial charge in [-0.3, -0.25) is 10.2 Å². The van der Waals surface area contributed by atoms with Gasteiger partial charge in [0.2, 0.25) is 0 Å². The number of hydrazone groups is 1. The van der Waals surface area contributed by atoms with Gasteiger partial charge >= 0.3 is 0 Å². The average molecular weight is 417 g/mol. The summed E-state index contributed by atoms with van der Waals surface area (Å²) in [4.78, 5) is 13.2. The van der Waals surface area contributed by atoms with Crippen molar-refractivity contribution in [2.45, 2.75) is 6.92 Å². The van der Waals surface area contributed by atoms with E-state index < -0.39 is 0 Å². The topological polar surface area (TPSA) is 75.2 Å². The summed E-state index contributed by atoms with van der Waals surface area (Å²) < 4.78 is 11.9. The van der Waals surface area contributed by atoms with Crippen LogP contribution < -0.4 is 20.2 Å². The van der Waals surface area contributed by atoms with Crippen molar-refractivity contribution in [3.05, 3.63) is 22.2 Å². The zero-order valence-corrected chi connectivity index (χ0v) is 16.5. The molecule has 0 aliphatic rings. The molecule has 0 spiro atoms. The molecule has 0 saturated heterocycles. The Hall–Kier alpha value is -1.87. The fraction of sp³-hybridized carbons (Fsp3) is 0.400. The van der Waals surface area contributed by atoms with Gasteiger partial charge in [-0.25, -0.2) is 0 Å². The third-order valence-corrected chi connectivity index (χ3v) is 3.66. The lowest BCUT2D eigenvalue weighted by molar-refractivity contribution is -0.130. The maximum Gasteiger partial charge on any atom is 0.259 e. The Morgan fingerprint density at radius 3 is 2.71 bits per heavy atom. The zero-order valence-electron chi connectivity index (χ0n) is 14.1. The van der Waals surface area contributed by atoms with E-state index in [9.17, 15) is 4.79 Å². The monoisotopic (exact) mass is 416 g/mol. The van der Waals surface area contributed by atoms with Gasteiger partial charge in [-0.15, -0.1) is 0 Å². The number of halogens is 1. The summed E-state index contributed by atoms with van der Waals surface area (Å²) in [5.74, 6) is 0.860. The summed E-state index contributed by atoms with van der Waals surface area (Å²) in [7, 11) is 5.05. The first kappa shape index (κ1) is 20.2. The zero-order chi connectivity index (χ0) is 18.1. The van der Waals surface area contributed by atoms with Crippen LogP contribution in [0.15, 0.2) is 21.7 Å². The lowest BCUT2D eigenvalue weighted by Crippen LogP contribution is -2.28. The molecule has 0 bridgehead atoms. The average Bonchev–Trinajstić information content (AvgIpc) is 2.53. The van der Waals surface area contributed by atoms with E-state index in [0.717, 1.165) is 5.56 Å². The highest BCUT2D eigenvalue weighted by Crippen LogP contribution is 2.36. The van der Waals surface area contributed by atoms with Crippen LogP contribution in [0.5, 0.6) is 11.5 Å². The number of thiocarbonyl (C=S) groups is 1. The molecular weight excluding hydrogens is 396 g/mol. The number of carbonyl (C=O) groups is 1. The van der Waals surface area contributed by atoms with E-state index in [1.165, 1.54) is 4.90 Å². The first-order valence-corrected chi connectivity index (χ1v) is 8.39. The van der Waals surface area contributed by atoms with Gasteiger partial charge in [0.05, 0.1) is 17.3 Å². The summed E-state index contributed by atoms with van der Waals surface area (Å²) in [5, 5.41) is 7.20. The van der Waals surface area contributed by atoms with Crippen LogP contribution in [0.25, 0.3) is 0 Å². The standard InChI is InChI=1S/C15H21BrN4O3S/c1-5-22-12-7-10(8-18-19-15(24)17-2)6-11(16)14(12)23-9-13(21)20(3)4/h6-8H,5,9H2,1-4H3,(H2,17,19,24)/b18-8+. The Balaban J connectivity index is 2.96. The van der Waals surface area contributed by atoms with Crippen LogP contribution in [0, 0.1) is 0 Å². The van der Waals surface area contributed by atoms with Crippen molar-refractivity contribution < 1.29 is 14.3 Å². The third kappa shape index (κ3) is 6.32. The van der Waals surface area contributed by atoms with Gasteiger partial charge in [0.15, 0.2) is 23.2 Å². The van der Waals surface area contributed by atoms with Gasteiger partial charge in [0, 0.05) is 21.1 Å². The number of benzene rings is 1. The summed E-state index contributed by atoms with van der Waals surface area (Å²) >= 11 is 8.38. The van der Waals surface area contributed by atoms with Crippen LogP contribution >= 0.6 is 28.1 Å². The number of carbonyl (C=O) groups excluding carboxylic acids is 1. The summed E-state index contributed by atoms with van der Waals surface area (Å²) in [6, 6.07) is 3.59. The van der Waals surface area contributed by atoms with Gasteiger partial charge < -0.3 is 19.7 Å². The molecule has 0 aliphatic carbocycles. The first-order chi connectivity index (χ1) is 11.4. The number of nitrogens with zero attached hydrogens (tertiary/aromatic N) is 2. The van der Waals surface area contributed by atoms with Crippen LogP contribution in [0.2, 0.25) is 0 Å². The Morgan fingerprint density at radius 2 is 2.12 bits per heavy atom. The smallest absolute Gasteiger partial charge is 0.259 e. The predicted molar refractivity (Wildman–Crippen MR) is 102 cm³/mol. The molecule has 0 heterocycles. The molecule has 0 saturated carbocycles. The number of likely N-dealkylation sites (N-methyl/N-ethyl adjacent to an activating group) is 1. The van der Waals surface area contributed by atoms with Crippen LogP contribution in [0.1, 0.15) is 12.5 Å². The van der Waals surface area contributed by atoms with E-state index in [-0.39, 0.29) is 12.5 Å². The molecule has 9 heteroatoms. The minimum atomic E-state index is -0.139. The number of nitrogens with one attached hydrogen (secondary N) is 2. The molecule has 2 N–H and O–H groups in total. The molecule has 0 aromatic heterocycles. The second kappa shape index (κ2) is 10.1. The Labute approximate surface area is 155 Å². The largest absolute Gasteiger partial charge is 0.490 e. The Bertz CT molecular complexity index is 623. The predicted octanol–water partition coefficient (Wildman–Crippen LogP) is 1.74.